The zero-order valence-electron chi connectivity index (χ0n) is 16.0. The number of carbonyl (C=O) groups is 1. The highest BCUT2D eigenvalue weighted by Gasteiger charge is 2.15. The van der Waals surface area contributed by atoms with E-state index in [0.717, 1.165) is 40.0 Å². The van der Waals surface area contributed by atoms with Gasteiger partial charge in [0.1, 0.15) is 0 Å². The first kappa shape index (κ1) is 18.3. The standard InChI is InChI=1S/C22H22N4OS/c1-4-9-26-14(2)10-18(15(26)3)20-13-28-22(24-20)25-21(27)11-16-12-23-19-8-6-5-7-17(16)19/h4-8,10,12-13,23H,1,9,11H2,2-3H3,(H,24,25,27). The number of aromatic amines is 1. The summed E-state index contributed by atoms with van der Waals surface area (Å²) >= 11 is 1.45. The number of carbonyl (C=O) groups excluding carboxylic acids is 1. The normalized spacial score (nSPS) is 11.1. The lowest BCUT2D eigenvalue weighted by Crippen LogP contribution is -2.14. The fraction of sp³-hybridized carbons (Fsp3) is 0.182. The van der Waals surface area contributed by atoms with Gasteiger partial charge in [0.15, 0.2) is 5.13 Å². The van der Waals surface area contributed by atoms with E-state index in [1.807, 2.05) is 41.9 Å². The van der Waals surface area contributed by atoms with E-state index in [1.54, 1.807) is 0 Å². The molecule has 6 heteroatoms. The zero-order chi connectivity index (χ0) is 19.7. The third-order valence-electron chi connectivity index (χ3n) is 4.94. The second-order valence-electron chi connectivity index (χ2n) is 6.81. The SMILES string of the molecule is C=CCn1c(C)cc(-c2csc(NC(=O)Cc3c[nH]c4ccccc34)n2)c1C. The minimum atomic E-state index is -0.0669. The molecule has 0 aliphatic heterocycles. The van der Waals surface area contributed by atoms with E-state index < -0.39 is 0 Å². The van der Waals surface area contributed by atoms with Gasteiger partial charge in [-0.2, -0.15) is 0 Å². The average molecular weight is 391 g/mol. The Morgan fingerprint density at radius 1 is 1.36 bits per heavy atom. The first-order valence-electron chi connectivity index (χ1n) is 9.15. The molecule has 3 aromatic heterocycles. The van der Waals surface area contributed by atoms with Crippen molar-refractivity contribution >= 4 is 33.3 Å². The number of hydrogen-bond acceptors (Lipinski definition) is 3. The average Bonchev–Trinajstić information content (AvgIpc) is 3.37. The molecular formula is C22H22N4OS. The van der Waals surface area contributed by atoms with Gasteiger partial charge < -0.3 is 14.9 Å². The Kier molecular flexibility index (Phi) is 4.88. The predicted octanol–water partition coefficient (Wildman–Crippen LogP) is 5.08. The molecule has 0 saturated carbocycles. The summed E-state index contributed by atoms with van der Waals surface area (Å²) in [4.78, 5) is 20.3. The number of rotatable bonds is 6. The van der Waals surface area contributed by atoms with Gasteiger partial charge in [-0.15, -0.1) is 17.9 Å². The number of benzene rings is 1. The lowest BCUT2D eigenvalue weighted by Gasteiger charge is -2.05. The van der Waals surface area contributed by atoms with Crippen molar-refractivity contribution in [3.8, 4) is 11.3 Å². The topological polar surface area (TPSA) is 62.7 Å². The van der Waals surface area contributed by atoms with Crippen LogP contribution in [0.4, 0.5) is 5.13 Å². The number of anilines is 1. The largest absolute Gasteiger partial charge is 0.361 e. The summed E-state index contributed by atoms with van der Waals surface area (Å²) in [5, 5.41) is 6.62. The van der Waals surface area contributed by atoms with E-state index in [1.165, 1.54) is 17.0 Å². The van der Waals surface area contributed by atoms with Crippen molar-refractivity contribution in [1.29, 1.82) is 0 Å². The highest BCUT2D eigenvalue weighted by molar-refractivity contribution is 7.14. The number of H-pyrrole nitrogens is 1. The number of fused-ring (bicyclic) bond motifs is 1. The van der Waals surface area contributed by atoms with Gasteiger partial charge in [-0.05, 0) is 31.5 Å². The van der Waals surface area contributed by atoms with Crippen LogP contribution in [0.2, 0.25) is 0 Å². The molecular weight excluding hydrogens is 368 g/mol. The molecule has 5 nitrogen and oxygen atoms in total. The molecule has 1 aromatic carbocycles. The molecule has 0 aliphatic carbocycles. The molecule has 142 valence electrons. The van der Waals surface area contributed by atoms with Crippen molar-refractivity contribution in [2.45, 2.75) is 26.8 Å². The fourth-order valence-electron chi connectivity index (χ4n) is 3.54. The van der Waals surface area contributed by atoms with Gasteiger partial charge in [0.05, 0.1) is 12.1 Å². The van der Waals surface area contributed by atoms with Crippen molar-refractivity contribution in [3.63, 3.8) is 0 Å². The third kappa shape index (κ3) is 3.39. The number of aryl methyl sites for hydroxylation is 1. The molecule has 0 spiro atoms. The van der Waals surface area contributed by atoms with E-state index in [-0.39, 0.29) is 5.91 Å². The van der Waals surface area contributed by atoms with Gasteiger partial charge >= 0.3 is 0 Å². The van der Waals surface area contributed by atoms with Gasteiger partial charge in [-0.25, -0.2) is 4.98 Å². The third-order valence-corrected chi connectivity index (χ3v) is 5.70. The second kappa shape index (κ2) is 7.48. The quantitative estimate of drug-likeness (QED) is 0.451. The molecule has 0 atom stereocenters. The van der Waals surface area contributed by atoms with Crippen LogP contribution in [0, 0.1) is 13.8 Å². The number of thiazole rings is 1. The number of hydrogen-bond donors (Lipinski definition) is 2. The minimum absolute atomic E-state index is 0.0669. The molecule has 0 radical (unpaired) electrons. The molecule has 28 heavy (non-hydrogen) atoms. The minimum Gasteiger partial charge on any atom is -0.361 e. The van der Waals surface area contributed by atoms with Crippen LogP contribution in [0.1, 0.15) is 17.0 Å². The van der Waals surface area contributed by atoms with Crippen molar-refractivity contribution in [1.82, 2.24) is 14.5 Å². The molecule has 0 fully saturated rings. The van der Waals surface area contributed by atoms with Crippen molar-refractivity contribution in [2.24, 2.45) is 0 Å². The lowest BCUT2D eigenvalue weighted by molar-refractivity contribution is -0.115. The molecule has 4 aromatic rings. The van der Waals surface area contributed by atoms with Crippen molar-refractivity contribution in [3.05, 3.63) is 71.5 Å². The Hall–Kier alpha value is -3.12. The summed E-state index contributed by atoms with van der Waals surface area (Å²) < 4.78 is 2.21. The molecule has 0 saturated heterocycles. The Morgan fingerprint density at radius 2 is 2.18 bits per heavy atom. The van der Waals surface area contributed by atoms with Gasteiger partial charge in [0, 0.05) is 46.0 Å². The van der Waals surface area contributed by atoms with Crippen LogP contribution in [-0.2, 0) is 17.8 Å². The molecule has 2 N–H and O–H groups in total. The van der Waals surface area contributed by atoms with Crippen LogP contribution in [-0.4, -0.2) is 20.4 Å². The summed E-state index contributed by atoms with van der Waals surface area (Å²) in [5.74, 6) is -0.0669. The summed E-state index contributed by atoms with van der Waals surface area (Å²) in [7, 11) is 0. The Bertz CT molecular complexity index is 1160. The summed E-state index contributed by atoms with van der Waals surface area (Å²) in [5.41, 5.74) is 6.32. The molecule has 0 unspecified atom stereocenters. The molecule has 0 aliphatic rings. The maximum absolute atomic E-state index is 12.5. The van der Waals surface area contributed by atoms with E-state index in [2.05, 4.69) is 46.3 Å². The maximum atomic E-state index is 12.5. The van der Waals surface area contributed by atoms with Crippen LogP contribution in [0.25, 0.3) is 22.2 Å². The van der Waals surface area contributed by atoms with Gasteiger partial charge in [0.25, 0.3) is 0 Å². The number of nitrogens with one attached hydrogen (secondary N) is 2. The van der Waals surface area contributed by atoms with Crippen LogP contribution < -0.4 is 5.32 Å². The van der Waals surface area contributed by atoms with E-state index in [9.17, 15) is 4.79 Å². The van der Waals surface area contributed by atoms with E-state index >= 15 is 0 Å². The fourth-order valence-corrected chi connectivity index (χ4v) is 4.27. The molecule has 3 heterocycles. The van der Waals surface area contributed by atoms with Gasteiger partial charge in [-0.3, -0.25) is 4.79 Å². The van der Waals surface area contributed by atoms with Crippen LogP contribution >= 0.6 is 11.3 Å². The van der Waals surface area contributed by atoms with Crippen molar-refractivity contribution < 1.29 is 4.79 Å². The first-order chi connectivity index (χ1) is 13.6. The zero-order valence-corrected chi connectivity index (χ0v) is 16.8. The van der Waals surface area contributed by atoms with Gasteiger partial charge in [-0.1, -0.05) is 24.3 Å². The van der Waals surface area contributed by atoms with Crippen molar-refractivity contribution in [2.75, 3.05) is 5.32 Å². The highest BCUT2D eigenvalue weighted by Crippen LogP contribution is 2.30. The van der Waals surface area contributed by atoms with E-state index in [4.69, 9.17) is 0 Å². The smallest absolute Gasteiger partial charge is 0.230 e. The number of nitrogens with zero attached hydrogens (tertiary/aromatic N) is 2. The predicted molar refractivity (Wildman–Crippen MR) is 116 cm³/mol. The summed E-state index contributed by atoms with van der Waals surface area (Å²) in [6.07, 6.45) is 4.10. The van der Waals surface area contributed by atoms with Crippen LogP contribution in [0.5, 0.6) is 0 Å². The van der Waals surface area contributed by atoms with Crippen LogP contribution in [0.3, 0.4) is 0 Å². The number of aromatic nitrogens is 3. The number of para-hydroxylation sites is 1. The monoisotopic (exact) mass is 390 g/mol. The second-order valence-corrected chi connectivity index (χ2v) is 7.66. The van der Waals surface area contributed by atoms with Gasteiger partial charge in [0.2, 0.25) is 5.91 Å². The Labute approximate surface area is 167 Å². The molecule has 4 rings (SSSR count). The molecule has 0 bridgehead atoms. The summed E-state index contributed by atoms with van der Waals surface area (Å²) in [6, 6.07) is 10.1. The Balaban J connectivity index is 1.50. The van der Waals surface area contributed by atoms with E-state index in [0.29, 0.717) is 11.6 Å². The number of allylic oxidation sites excluding steroid dienone is 1. The number of amides is 1. The molecule has 1 amide bonds. The highest BCUT2D eigenvalue weighted by atomic mass is 32.1. The Morgan fingerprint density at radius 3 is 3.00 bits per heavy atom. The maximum Gasteiger partial charge on any atom is 0.230 e. The van der Waals surface area contributed by atoms with Crippen LogP contribution in [0.15, 0.2) is 54.6 Å². The lowest BCUT2D eigenvalue weighted by atomic mass is 10.1. The summed E-state index contributed by atoms with van der Waals surface area (Å²) in [6.45, 7) is 8.76. The first-order valence-corrected chi connectivity index (χ1v) is 10.0.